The highest BCUT2D eigenvalue weighted by molar-refractivity contribution is 7.99. The van der Waals surface area contributed by atoms with Gasteiger partial charge in [-0.25, -0.2) is 8.42 Å². The molecule has 1 rings (SSSR count). The quantitative estimate of drug-likeness (QED) is 0.812. The van der Waals surface area contributed by atoms with E-state index in [2.05, 4.69) is 0 Å². The zero-order valence-corrected chi connectivity index (χ0v) is 12.7. The Morgan fingerprint density at radius 2 is 1.95 bits per heavy atom. The predicted octanol–water partition coefficient (Wildman–Crippen LogP) is 1.89. The van der Waals surface area contributed by atoms with Gasteiger partial charge in [0.15, 0.2) is 0 Å². The van der Waals surface area contributed by atoms with Crippen LogP contribution in [0.5, 0.6) is 0 Å². The number of rotatable bonds is 6. The molecule has 5 nitrogen and oxygen atoms in total. The van der Waals surface area contributed by atoms with Gasteiger partial charge >= 0.3 is 5.97 Å². The standard InChI is InChI=1S/C12H17NO4S2/c1-9(2)13(8-12(14)15)19(16,17)11-7-5-4-6-10(11)18-3/h4-7,9H,8H2,1-3H3,(H,14,15). The maximum Gasteiger partial charge on any atom is 0.318 e. The molecule has 1 aromatic carbocycles. The summed E-state index contributed by atoms with van der Waals surface area (Å²) in [5.41, 5.74) is 0. The van der Waals surface area contributed by atoms with Crippen molar-refractivity contribution < 1.29 is 18.3 Å². The Labute approximate surface area is 117 Å². The molecule has 0 aliphatic rings. The van der Waals surface area contributed by atoms with Gasteiger partial charge in [0.2, 0.25) is 10.0 Å². The first-order valence-electron chi connectivity index (χ1n) is 5.67. The van der Waals surface area contributed by atoms with Gasteiger partial charge < -0.3 is 5.11 Å². The number of hydrogen-bond acceptors (Lipinski definition) is 4. The van der Waals surface area contributed by atoms with Gasteiger partial charge in [-0.15, -0.1) is 11.8 Å². The van der Waals surface area contributed by atoms with Gasteiger partial charge in [-0.1, -0.05) is 12.1 Å². The lowest BCUT2D eigenvalue weighted by molar-refractivity contribution is -0.137. The zero-order chi connectivity index (χ0) is 14.6. The fourth-order valence-electron chi connectivity index (χ4n) is 1.64. The molecule has 106 valence electrons. The molecule has 1 aromatic rings. The summed E-state index contributed by atoms with van der Waals surface area (Å²) in [4.78, 5) is 11.6. The summed E-state index contributed by atoms with van der Waals surface area (Å²) < 4.78 is 26.1. The number of nitrogens with zero attached hydrogens (tertiary/aromatic N) is 1. The number of carboxylic acids is 1. The minimum atomic E-state index is -3.81. The Morgan fingerprint density at radius 1 is 1.37 bits per heavy atom. The van der Waals surface area contributed by atoms with Crippen molar-refractivity contribution in [2.45, 2.75) is 29.7 Å². The molecule has 0 aliphatic heterocycles. The van der Waals surface area contributed by atoms with E-state index in [-0.39, 0.29) is 4.90 Å². The number of carbonyl (C=O) groups is 1. The lowest BCUT2D eigenvalue weighted by Crippen LogP contribution is -2.40. The first-order chi connectivity index (χ1) is 8.80. The summed E-state index contributed by atoms with van der Waals surface area (Å²) in [6.07, 6.45) is 1.78. The molecule has 0 fully saturated rings. The van der Waals surface area contributed by atoms with Crippen molar-refractivity contribution in [3.05, 3.63) is 24.3 Å². The number of benzene rings is 1. The average Bonchev–Trinajstić information content (AvgIpc) is 2.35. The zero-order valence-electron chi connectivity index (χ0n) is 11.0. The highest BCUT2D eigenvalue weighted by atomic mass is 32.2. The minimum Gasteiger partial charge on any atom is -0.480 e. The third-order valence-corrected chi connectivity index (χ3v) is 5.53. The second kappa shape index (κ2) is 6.40. The molecule has 0 radical (unpaired) electrons. The molecule has 0 unspecified atom stereocenters. The van der Waals surface area contributed by atoms with Crippen LogP contribution in [0.25, 0.3) is 0 Å². The molecule has 0 amide bonds. The van der Waals surface area contributed by atoms with Gasteiger partial charge in [0.25, 0.3) is 0 Å². The number of carboxylic acid groups (broad SMARTS) is 1. The monoisotopic (exact) mass is 303 g/mol. The van der Waals surface area contributed by atoms with Crippen LogP contribution in [0.2, 0.25) is 0 Å². The molecular formula is C12H17NO4S2. The van der Waals surface area contributed by atoms with Crippen LogP contribution in [0.15, 0.2) is 34.1 Å². The number of thioether (sulfide) groups is 1. The minimum absolute atomic E-state index is 0.150. The lowest BCUT2D eigenvalue weighted by atomic mass is 10.4. The fraction of sp³-hybridized carbons (Fsp3) is 0.417. The van der Waals surface area contributed by atoms with Crippen molar-refractivity contribution in [3.63, 3.8) is 0 Å². The second-order valence-electron chi connectivity index (χ2n) is 4.19. The van der Waals surface area contributed by atoms with Crippen LogP contribution in [0, 0.1) is 0 Å². The van der Waals surface area contributed by atoms with Gasteiger partial charge in [0, 0.05) is 10.9 Å². The van der Waals surface area contributed by atoms with Crippen molar-refractivity contribution in [1.82, 2.24) is 4.31 Å². The number of hydrogen-bond donors (Lipinski definition) is 1. The van der Waals surface area contributed by atoms with Crippen molar-refractivity contribution in [2.75, 3.05) is 12.8 Å². The van der Waals surface area contributed by atoms with Crippen LogP contribution >= 0.6 is 11.8 Å². The molecule has 0 spiro atoms. The SMILES string of the molecule is CSc1ccccc1S(=O)(=O)N(CC(=O)O)C(C)C. The molecule has 0 heterocycles. The Balaban J connectivity index is 3.31. The molecule has 0 atom stereocenters. The van der Waals surface area contributed by atoms with Gasteiger partial charge in [-0.05, 0) is 32.2 Å². The van der Waals surface area contributed by atoms with Gasteiger partial charge in [0.05, 0.1) is 4.90 Å². The first-order valence-corrected chi connectivity index (χ1v) is 8.33. The van der Waals surface area contributed by atoms with Crippen LogP contribution in [-0.4, -0.2) is 42.6 Å². The van der Waals surface area contributed by atoms with Crippen LogP contribution < -0.4 is 0 Å². The summed E-state index contributed by atoms with van der Waals surface area (Å²) in [7, 11) is -3.81. The molecule has 1 N–H and O–H groups in total. The van der Waals surface area contributed by atoms with E-state index in [4.69, 9.17) is 5.11 Å². The van der Waals surface area contributed by atoms with E-state index in [0.717, 1.165) is 4.31 Å². The molecular weight excluding hydrogens is 286 g/mol. The Hall–Kier alpha value is -1.05. The first kappa shape index (κ1) is 16.0. The Kier molecular flexibility index (Phi) is 5.39. The Bertz CT molecular complexity index is 555. The van der Waals surface area contributed by atoms with Crippen LogP contribution in [0.1, 0.15) is 13.8 Å². The van der Waals surface area contributed by atoms with E-state index in [1.165, 1.54) is 17.8 Å². The topological polar surface area (TPSA) is 74.7 Å². The van der Waals surface area contributed by atoms with Crippen molar-refractivity contribution in [1.29, 1.82) is 0 Å². The predicted molar refractivity (Wildman–Crippen MR) is 74.9 cm³/mol. The maximum atomic E-state index is 12.5. The molecule has 7 heteroatoms. The summed E-state index contributed by atoms with van der Waals surface area (Å²) in [6.45, 7) is 2.77. The summed E-state index contributed by atoms with van der Waals surface area (Å²) in [5.74, 6) is -1.17. The average molecular weight is 303 g/mol. The molecule has 0 aromatic heterocycles. The van der Waals surface area contributed by atoms with Gasteiger partial charge in [0.1, 0.15) is 6.54 Å². The number of aliphatic carboxylic acids is 1. The molecule has 19 heavy (non-hydrogen) atoms. The van der Waals surface area contributed by atoms with Crippen molar-refractivity contribution in [3.8, 4) is 0 Å². The maximum absolute atomic E-state index is 12.5. The van der Waals surface area contributed by atoms with Crippen LogP contribution in [0.4, 0.5) is 0 Å². The van der Waals surface area contributed by atoms with E-state index in [1.54, 1.807) is 38.3 Å². The van der Waals surface area contributed by atoms with E-state index in [1.807, 2.05) is 0 Å². The summed E-state index contributed by atoms with van der Waals surface area (Å²) in [6, 6.07) is 6.17. The van der Waals surface area contributed by atoms with Gasteiger partial charge in [-0.3, -0.25) is 4.79 Å². The van der Waals surface area contributed by atoms with Crippen molar-refractivity contribution >= 4 is 27.8 Å². The van der Waals surface area contributed by atoms with Crippen LogP contribution in [0.3, 0.4) is 0 Å². The third kappa shape index (κ3) is 3.71. The summed E-state index contributed by atoms with van der Waals surface area (Å²) >= 11 is 1.32. The van der Waals surface area contributed by atoms with E-state index in [0.29, 0.717) is 4.90 Å². The molecule has 0 aliphatic carbocycles. The second-order valence-corrected chi connectivity index (χ2v) is 6.90. The van der Waals surface area contributed by atoms with Gasteiger partial charge in [-0.2, -0.15) is 4.31 Å². The van der Waals surface area contributed by atoms with E-state index >= 15 is 0 Å². The fourth-order valence-corrected chi connectivity index (χ4v) is 4.35. The van der Waals surface area contributed by atoms with Crippen LogP contribution in [-0.2, 0) is 14.8 Å². The largest absolute Gasteiger partial charge is 0.480 e. The lowest BCUT2D eigenvalue weighted by Gasteiger charge is -2.25. The van der Waals surface area contributed by atoms with E-state index in [9.17, 15) is 13.2 Å². The Morgan fingerprint density at radius 3 is 2.42 bits per heavy atom. The highest BCUT2D eigenvalue weighted by Crippen LogP contribution is 2.27. The van der Waals surface area contributed by atoms with E-state index < -0.39 is 28.6 Å². The number of sulfonamides is 1. The smallest absolute Gasteiger partial charge is 0.318 e. The molecule has 0 bridgehead atoms. The molecule has 0 saturated heterocycles. The molecule has 0 saturated carbocycles. The normalized spacial score (nSPS) is 12.1. The summed E-state index contributed by atoms with van der Waals surface area (Å²) in [5, 5.41) is 8.86. The highest BCUT2D eigenvalue weighted by Gasteiger charge is 2.30. The third-order valence-electron chi connectivity index (χ3n) is 2.52. The van der Waals surface area contributed by atoms with Crippen molar-refractivity contribution in [2.24, 2.45) is 0 Å².